The molecule has 3 heteroatoms. The third-order valence-electron chi connectivity index (χ3n) is 2.40. The normalized spacial score (nSPS) is 12.4. The Hall–Kier alpha value is -1.74. The van der Waals surface area contributed by atoms with Gasteiger partial charge in [0.1, 0.15) is 0 Å². The Morgan fingerprint density at radius 1 is 1.00 bits per heavy atom. The first-order valence-electron chi connectivity index (χ1n) is 4.86. The van der Waals surface area contributed by atoms with E-state index < -0.39 is 0 Å². The summed E-state index contributed by atoms with van der Waals surface area (Å²) in [7, 11) is 0. The summed E-state index contributed by atoms with van der Waals surface area (Å²) in [6.07, 6.45) is 3.36. The zero-order valence-corrected chi connectivity index (χ0v) is 8.59. The Kier molecular flexibility index (Phi) is 2.74. The van der Waals surface area contributed by atoms with Crippen molar-refractivity contribution in [1.82, 2.24) is 10.2 Å². The number of hydrogen-bond donors (Lipinski definition) is 1. The van der Waals surface area contributed by atoms with E-state index in [1.165, 1.54) is 5.56 Å². The van der Waals surface area contributed by atoms with Crippen molar-refractivity contribution >= 4 is 0 Å². The van der Waals surface area contributed by atoms with Crippen molar-refractivity contribution in [3.8, 4) is 0 Å². The van der Waals surface area contributed by atoms with Gasteiger partial charge in [0.25, 0.3) is 0 Å². The van der Waals surface area contributed by atoms with E-state index in [0.29, 0.717) is 0 Å². The highest BCUT2D eigenvalue weighted by Gasteiger charge is 2.07. The van der Waals surface area contributed by atoms with Crippen LogP contribution in [-0.2, 0) is 0 Å². The average Bonchev–Trinajstić information content (AvgIpc) is 2.30. The van der Waals surface area contributed by atoms with Crippen molar-refractivity contribution in [2.75, 3.05) is 0 Å². The van der Waals surface area contributed by atoms with Gasteiger partial charge in [0.05, 0.1) is 12.2 Å². The summed E-state index contributed by atoms with van der Waals surface area (Å²) in [6.45, 7) is 2.06. The van der Waals surface area contributed by atoms with Gasteiger partial charge in [-0.3, -0.25) is 0 Å². The molecule has 15 heavy (non-hydrogen) atoms. The molecule has 0 bridgehead atoms. The standard InChI is InChI=1S/C12H13N3/c1-9-2-4-10(5-3-9)12(13)11-6-7-14-15-8-11/h2-8,12H,13H2,1H3. The zero-order valence-electron chi connectivity index (χ0n) is 8.59. The molecule has 1 aromatic heterocycles. The van der Waals surface area contributed by atoms with Crippen LogP contribution in [0, 0.1) is 6.92 Å². The van der Waals surface area contributed by atoms with Gasteiger partial charge in [0.2, 0.25) is 0 Å². The van der Waals surface area contributed by atoms with E-state index in [4.69, 9.17) is 5.73 Å². The molecule has 3 nitrogen and oxygen atoms in total. The Morgan fingerprint density at radius 3 is 2.33 bits per heavy atom. The van der Waals surface area contributed by atoms with Crippen LogP contribution in [0.1, 0.15) is 22.7 Å². The van der Waals surface area contributed by atoms with Gasteiger partial charge >= 0.3 is 0 Å². The van der Waals surface area contributed by atoms with Crippen LogP contribution >= 0.6 is 0 Å². The maximum atomic E-state index is 6.10. The van der Waals surface area contributed by atoms with Crippen LogP contribution in [0.5, 0.6) is 0 Å². The molecule has 1 heterocycles. The largest absolute Gasteiger partial charge is 0.320 e. The van der Waals surface area contributed by atoms with Gasteiger partial charge in [-0.15, -0.1) is 0 Å². The molecule has 2 rings (SSSR count). The highest BCUT2D eigenvalue weighted by Crippen LogP contribution is 2.18. The molecule has 0 saturated carbocycles. The lowest BCUT2D eigenvalue weighted by atomic mass is 10.0. The minimum Gasteiger partial charge on any atom is -0.320 e. The van der Waals surface area contributed by atoms with Crippen LogP contribution in [0.25, 0.3) is 0 Å². The molecule has 0 amide bonds. The maximum Gasteiger partial charge on any atom is 0.0568 e. The van der Waals surface area contributed by atoms with Gasteiger partial charge in [-0.25, -0.2) is 0 Å². The Morgan fingerprint density at radius 2 is 1.73 bits per heavy atom. The molecule has 0 radical (unpaired) electrons. The highest BCUT2D eigenvalue weighted by molar-refractivity contribution is 5.30. The molecule has 1 atom stereocenters. The minimum atomic E-state index is -0.124. The second-order valence-corrected chi connectivity index (χ2v) is 3.56. The SMILES string of the molecule is Cc1ccc(C(N)c2ccnnc2)cc1. The lowest BCUT2D eigenvalue weighted by Gasteiger charge is -2.11. The number of aromatic nitrogens is 2. The summed E-state index contributed by atoms with van der Waals surface area (Å²) in [6, 6.07) is 9.97. The first-order chi connectivity index (χ1) is 7.27. The predicted molar refractivity (Wildman–Crippen MR) is 59.2 cm³/mol. The molecule has 0 spiro atoms. The number of nitrogens with two attached hydrogens (primary N) is 1. The Balaban J connectivity index is 2.29. The molecule has 2 aromatic rings. The fraction of sp³-hybridized carbons (Fsp3) is 0.167. The van der Waals surface area contributed by atoms with Crippen LogP contribution in [-0.4, -0.2) is 10.2 Å². The van der Waals surface area contributed by atoms with Crippen molar-refractivity contribution in [2.45, 2.75) is 13.0 Å². The van der Waals surface area contributed by atoms with E-state index in [1.54, 1.807) is 12.4 Å². The smallest absolute Gasteiger partial charge is 0.0568 e. The van der Waals surface area contributed by atoms with E-state index >= 15 is 0 Å². The minimum absolute atomic E-state index is 0.124. The van der Waals surface area contributed by atoms with E-state index in [9.17, 15) is 0 Å². The Bertz CT molecular complexity index is 422. The number of nitrogens with zero attached hydrogens (tertiary/aromatic N) is 2. The van der Waals surface area contributed by atoms with Gasteiger partial charge in [-0.1, -0.05) is 29.8 Å². The molecule has 1 unspecified atom stereocenters. The molecular weight excluding hydrogens is 186 g/mol. The molecule has 76 valence electrons. The number of rotatable bonds is 2. The molecular formula is C12H13N3. The van der Waals surface area contributed by atoms with Crippen molar-refractivity contribution in [3.63, 3.8) is 0 Å². The van der Waals surface area contributed by atoms with Crippen molar-refractivity contribution in [2.24, 2.45) is 5.73 Å². The predicted octanol–water partition coefficient (Wildman–Crippen LogP) is 1.83. The molecule has 0 aliphatic heterocycles. The zero-order chi connectivity index (χ0) is 10.7. The van der Waals surface area contributed by atoms with Crippen LogP contribution in [0.2, 0.25) is 0 Å². The molecule has 2 N–H and O–H groups in total. The summed E-state index contributed by atoms with van der Waals surface area (Å²) < 4.78 is 0. The van der Waals surface area contributed by atoms with E-state index in [2.05, 4.69) is 29.3 Å². The number of aryl methyl sites for hydroxylation is 1. The number of benzene rings is 1. The number of hydrogen-bond acceptors (Lipinski definition) is 3. The van der Waals surface area contributed by atoms with Crippen LogP contribution < -0.4 is 5.73 Å². The Labute approximate surface area is 89.0 Å². The van der Waals surface area contributed by atoms with Crippen LogP contribution in [0.3, 0.4) is 0 Å². The van der Waals surface area contributed by atoms with Gasteiger partial charge in [-0.2, -0.15) is 10.2 Å². The first kappa shape index (κ1) is 9.80. The second kappa shape index (κ2) is 4.19. The summed E-state index contributed by atoms with van der Waals surface area (Å²) in [4.78, 5) is 0. The lowest BCUT2D eigenvalue weighted by molar-refractivity contribution is 0.845. The second-order valence-electron chi connectivity index (χ2n) is 3.56. The molecule has 0 aliphatic carbocycles. The van der Waals surface area contributed by atoms with Crippen LogP contribution in [0.4, 0.5) is 0 Å². The summed E-state index contributed by atoms with van der Waals surface area (Å²) in [5.41, 5.74) is 9.41. The van der Waals surface area contributed by atoms with E-state index in [-0.39, 0.29) is 6.04 Å². The summed E-state index contributed by atoms with van der Waals surface area (Å²) >= 11 is 0. The maximum absolute atomic E-state index is 6.10. The van der Waals surface area contributed by atoms with E-state index in [1.807, 2.05) is 18.2 Å². The molecule has 0 saturated heterocycles. The topological polar surface area (TPSA) is 51.8 Å². The molecule has 0 aliphatic rings. The summed E-state index contributed by atoms with van der Waals surface area (Å²) in [5.74, 6) is 0. The lowest BCUT2D eigenvalue weighted by Crippen LogP contribution is -2.12. The summed E-state index contributed by atoms with van der Waals surface area (Å²) in [5, 5.41) is 7.55. The van der Waals surface area contributed by atoms with Gasteiger partial charge in [0.15, 0.2) is 0 Å². The third-order valence-corrected chi connectivity index (χ3v) is 2.40. The van der Waals surface area contributed by atoms with Gasteiger partial charge in [0, 0.05) is 6.20 Å². The van der Waals surface area contributed by atoms with Gasteiger partial charge in [-0.05, 0) is 24.1 Å². The van der Waals surface area contributed by atoms with Crippen molar-refractivity contribution in [3.05, 3.63) is 59.4 Å². The quantitative estimate of drug-likeness (QED) is 0.802. The highest BCUT2D eigenvalue weighted by atomic mass is 15.1. The average molecular weight is 199 g/mol. The fourth-order valence-corrected chi connectivity index (χ4v) is 1.45. The van der Waals surface area contributed by atoms with Gasteiger partial charge < -0.3 is 5.73 Å². The van der Waals surface area contributed by atoms with Crippen molar-refractivity contribution in [1.29, 1.82) is 0 Å². The third kappa shape index (κ3) is 2.19. The van der Waals surface area contributed by atoms with Crippen LogP contribution in [0.15, 0.2) is 42.7 Å². The fourth-order valence-electron chi connectivity index (χ4n) is 1.45. The van der Waals surface area contributed by atoms with E-state index in [0.717, 1.165) is 11.1 Å². The first-order valence-corrected chi connectivity index (χ1v) is 4.86. The molecule has 1 aromatic carbocycles. The van der Waals surface area contributed by atoms with Crippen molar-refractivity contribution < 1.29 is 0 Å². The molecule has 0 fully saturated rings. The monoisotopic (exact) mass is 199 g/mol.